The number of phenolic OH excluding ortho intramolecular Hbond substituents is 1. The molecule has 84 valence electrons. The minimum Gasteiger partial charge on any atom is -0.504 e. The zero-order chi connectivity index (χ0) is 11.4. The predicted octanol–water partition coefficient (Wildman–Crippen LogP) is 0.955. The molecule has 1 aromatic rings. The van der Waals surface area contributed by atoms with Gasteiger partial charge in [0.1, 0.15) is 0 Å². The molecule has 4 heteroatoms. The highest BCUT2D eigenvalue weighted by molar-refractivity contribution is 5.49. The first kappa shape index (κ1) is 11.8. The molecule has 0 saturated carbocycles. The number of aryl methyl sites for hydroxylation is 1. The third kappa shape index (κ3) is 2.40. The molecule has 0 aliphatic rings. The molecule has 0 unspecified atom stereocenters. The van der Waals surface area contributed by atoms with Crippen molar-refractivity contribution in [3.8, 4) is 11.5 Å². The van der Waals surface area contributed by atoms with Crippen molar-refractivity contribution in [2.45, 2.75) is 19.4 Å². The number of rotatable bonds is 4. The molecule has 15 heavy (non-hydrogen) atoms. The van der Waals surface area contributed by atoms with Crippen LogP contribution < -0.4 is 10.5 Å². The lowest BCUT2D eigenvalue weighted by Gasteiger charge is -2.15. The van der Waals surface area contributed by atoms with Crippen LogP contribution in [0.5, 0.6) is 11.5 Å². The lowest BCUT2D eigenvalue weighted by Crippen LogP contribution is -2.15. The molecule has 0 bridgehead atoms. The van der Waals surface area contributed by atoms with Crippen molar-refractivity contribution in [2.75, 3.05) is 13.7 Å². The first-order chi connectivity index (χ1) is 7.13. The van der Waals surface area contributed by atoms with Gasteiger partial charge in [-0.1, -0.05) is 13.0 Å². The Hall–Kier alpha value is -1.26. The van der Waals surface area contributed by atoms with Crippen molar-refractivity contribution in [3.63, 3.8) is 0 Å². The zero-order valence-corrected chi connectivity index (χ0v) is 9.03. The minimum absolute atomic E-state index is 0.0104. The normalized spacial score (nSPS) is 12.5. The van der Waals surface area contributed by atoms with Crippen molar-refractivity contribution in [3.05, 3.63) is 23.3 Å². The van der Waals surface area contributed by atoms with Gasteiger partial charge in [0, 0.05) is 5.56 Å². The van der Waals surface area contributed by atoms with Gasteiger partial charge < -0.3 is 20.7 Å². The molecule has 1 aromatic carbocycles. The van der Waals surface area contributed by atoms with Crippen LogP contribution in [-0.4, -0.2) is 23.9 Å². The van der Waals surface area contributed by atoms with Crippen molar-refractivity contribution < 1.29 is 14.9 Å². The number of methoxy groups -OCH3 is 1. The van der Waals surface area contributed by atoms with E-state index in [-0.39, 0.29) is 12.4 Å². The van der Waals surface area contributed by atoms with E-state index in [4.69, 9.17) is 15.6 Å². The van der Waals surface area contributed by atoms with Gasteiger partial charge in [0.05, 0.1) is 19.8 Å². The predicted molar refractivity (Wildman–Crippen MR) is 58.1 cm³/mol. The lowest BCUT2D eigenvalue weighted by molar-refractivity contribution is 0.264. The summed E-state index contributed by atoms with van der Waals surface area (Å²) in [6.07, 6.45) is 0.821. The monoisotopic (exact) mass is 211 g/mol. The largest absolute Gasteiger partial charge is 0.504 e. The van der Waals surface area contributed by atoms with Crippen LogP contribution in [0.4, 0.5) is 0 Å². The highest BCUT2D eigenvalue weighted by Gasteiger charge is 2.15. The molecule has 1 rings (SSSR count). The molecular weight excluding hydrogens is 194 g/mol. The van der Waals surface area contributed by atoms with E-state index < -0.39 is 6.04 Å². The van der Waals surface area contributed by atoms with Gasteiger partial charge in [-0.05, 0) is 18.1 Å². The molecule has 4 nitrogen and oxygen atoms in total. The number of benzene rings is 1. The van der Waals surface area contributed by atoms with Crippen LogP contribution in [0.1, 0.15) is 24.1 Å². The number of aliphatic hydroxyl groups excluding tert-OH is 1. The summed E-state index contributed by atoms with van der Waals surface area (Å²) in [5.41, 5.74) is 7.22. The van der Waals surface area contributed by atoms with Crippen LogP contribution in [0.2, 0.25) is 0 Å². The maximum Gasteiger partial charge on any atom is 0.162 e. The van der Waals surface area contributed by atoms with E-state index in [0.717, 1.165) is 12.0 Å². The fourth-order valence-electron chi connectivity index (χ4n) is 1.43. The van der Waals surface area contributed by atoms with Crippen molar-refractivity contribution in [1.82, 2.24) is 0 Å². The summed E-state index contributed by atoms with van der Waals surface area (Å²) in [4.78, 5) is 0. The number of phenols is 1. The molecular formula is C11H17NO3. The van der Waals surface area contributed by atoms with E-state index >= 15 is 0 Å². The van der Waals surface area contributed by atoms with Gasteiger partial charge in [-0.25, -0.2) is 0 Å². The van der Waals surface area contributed by atoms with E-state index in [1.54, 1.807) is 12.1 Å². The van der Waals surface area contributed by atoms with Gasteiger partial charge >= 0.3 is 0 Å². The molecule has 4 N–H and O–H groups in total. The van der Waals surface area contributed by atoms with E-state index in [1.807, 2.05) is 6.92 Å². The van der Waals surface area contributed by atoms with Gasteiger partial charge in [-0.2, -0.15) is 0 Å². The second-order valence-electron chi connectivity index (χ2n) is 3.38. The molecule has 0 fully saturated rings. The molecule has 0 aromatic heterocycles. The van der Waals surface area contributed by atoms with Crippen LogP contribution in [0.3, 0.4) is 0 Å². The summed E-state index contributed by atoms with van der Waals surface area (Å²) in [6, 6.07) is 2.98. The third-order valence-corrected chi connectivity index (χ3v) is 2.39. The summed E-state index contributed by atoms with van der Waals surface area (Å²) in [7, 11) is 1.49. The standard InChI is InChI=1S/C11H17NO3/c1-3-7-4-8(9(12)6-13)11(14)10(5-7)15-2/h4-5,9,13-14H,3,6,12H2,1-2H3/t9-/m0/s1. The van der Waals surface area contributed by atoms with Crippen LogP contribution in [0.15, 0.2) is 12.1 Å². The molecule has 0 aliphatic heterocycles. The van der Waals surface area contributed by atoms with Crippen molar-refractivity contribution in [1.29, 1.82) is 0 Å². The fourth-order valence-corrected chi connectivity index (χ4v) is 1.43. The topological polar surface area (TPSA) is 75.7 Å². The molecule has 0 spiro atoms. The van der Waals surface area contributed by atoms with Crippen LogP contribution in [0.25, 0.3) is 0 Å². The maximum absolute atomic E-state index is 9.79. The van der Waals surface area contributed by atoms with E-state index in [9.17, 15) is 5.11 Å². The Labute approximate surface area is 89.3 Å². The smallest absolute Gasteiger partial charge is 0.162 e. The second kappa shape index (κ2) is 5.00. The fraction of sp³-hybridized carbons (Fsp3) is 0.455. The van der Waals surface area contributed by atoms with Gasteiger partial charge in [0.25, 0.3) is 0 Å². The Balaban J connectivity index is 3.23. The summed E-state index contributed by atoms with van der Waals surface area (Å²) in [5, 5.41) is 18.8. The number of hydrogen-bond acceptors (Lipinski definition) is 4. The number of aliphatic hydroxyl groups is 1. The number of aromatic hydroxyl groups is 1. The Morgan fingerprint density at radius 1 is 1.47 bits per heavy atom. The quantitative estimate of drug-likeness (QED) is 0.693. The number of hydrogen-bond donors (Lipinski definition) is 3. The molecule has 1 atom stereocenters. The number of nitrogens with two attached hydrogens (primary N) is 1. The second-order valence-corrected chi connectivity index (χ2v) is 3.38. The van der Waals surface area contributed by atoms with E-state index in [0.29, 0.717) is 11.3 Å². The number of ether oxygens (including phenoxy) is 1. The summed E-state index contributed by atoms with van der Waals surface area (Å²) < 4.78 is 5.04. The Morgan fingerprint density at radius 3 is 2.60 bits per heavy atom. The first-order valence-electron chi connectivity index (χ1n) is 4.90. The summed E-state index contributed by atoms with van der Waals surface area (Å²) >= 11 is 0. The van der Waals surface area contributed by atoms with Gasteiger partial charge in [0.15, 0.2) is 11.5 Å². The highest BCUT2D eigenvalue weighted by atomic mass is 16.5. The Bertz CT molecular complexity index is 339. The van der Waals surface area contributed by atoms with Crippen LogP contribution >= 0.6 is 0 Å². The summed E-state index contributed by atoms with van der Waals surface area (Å²) in [5.74, 6) is 0.407. The summed E-state index contributed by atoms with van der Waals surface area (Å²) in [6.45, 7) is 1.80. The van der Waals surface area contributed by atoms with Gasteiger partial charge in [-0.15, -0.1) is 0 Å². The average molecular weight is 211 g/mol. The minimum atomic E-state index is -0.578. The average Bonchev–Trinajstić information content (AvgIpc) is 2.28. The Kier molecular flexibility index (Phi) is 3.94. The lowest BCUT2D eigenvalue weighted by atomic mass is 10.0. The molecule has 0 amide bonds. The van der Waals surface area contributed by atoms with Crippen LogP contribution in [0, 0.1) is 0 Å². The highest BCUT2D eigenvalue weighted by Crippen LogP contribution is 2.34. The van der Waals surface area contributed by atoms with E-state index in [2.05, 4.69) is 0 Å². The van der Waals surface area contributed by atoms with Crippen molar-refractivity contribution in [2.24, 2.45) is 5.73 Å². The van der Waals surface area contributed by atoms with Crippen molar-refractivity contribution >= 4 is 0 Å². The molecule has 0 saturated heterocycles. The first-order valence-corrected chi connectivity index (χ1v) is 4.90. The van der Waals surface area contributed by atoms with Crippen LogP contribution in [-0.2, 0) is 6.42 Å². The zero-order valence-electron chi connectivity index (χ0n) is 9.03. The van der Waals surface area contributed by atoms with Gasteiger partial charge in [0.2, 0.25) is 0 Å². The molecule has 0 aliphatic carbocycles. The SMILES string of the molecule is CCc1cc(OC)c(O)c([C@@H](N)CO)c1. The third-order valence-electron chi connectivity index (χ3n) is 2.39. The van der Waals surface area contributed by atoms with E-state index in [1.165, 1.54) is 7.11 Å². The Morgan fingerprint density at radius 2 is 2.13 bits per heavy atom. The maximum atomic E-state index is 9.79. The van der Waals surface area contributed by atoms with Gasteiger partial charge in [-0.3, -0.25) is 0 Å². The molecule has 0 heterocycles. The molecule has 0 radical (unpaired) electrons.